The zero-order valence-electron chi connectivity index (χ0n) is 11.8. The van der Waals surface area contributed by atoms with Crippen molar-refractivity contribution in [2.24, 2.45) is 5.73 Å². The van der Waals surface area contributed by atoms with Gasteiger partial charge in [0.15, 0.2) is 0 Å². The minimum absolute atomic E-state index is 0.208. The fourth-order valence-corrected chi connectivity index (χ4v) is 2.66. The highest BCUT2D eigenvalue weighted by molar-refractivity contribution is 5.30. The van der Waals surface area contributed by atoms with Gasteiger partial charge in [-0.3, -0.25) is 4.90 Å². The minimum atomic E-state index is 0.208. The normalized spacial score (nSPS) is 20.7. The molecule has 0 saturated carbocycles. The van der Waals surface area contributed by atoms with E-state index >= 15 is 0 Å². The SMILES string of the molecule is COc1cccc(C(CN)N(C)CC2CCCO2)c1. The molecule has 0 aliphatic carbocycles. The summed E-state index contributed by atoms with van der Waals surface area (Å²) in [5, 5.41) is 0. The Morgan fingerprint density at radius 2 is 2.37 bits per heavy atom. The maximum Gasteiger partial charge on any atom is 0.119 e. The summed E-state index contributed by atoms with van der Waals surface area (Å²) in [6.45, 7) is 2.42. The first-order chi connectivity index (χ1) is 9.24. The van der Waals surface area contributed by atoms with Crippen molar-refractivity contribution >= 4 is 0 Å². The van der Waals surface area contributed by atoms with E-state index in [1.54, 1.807) is 7.11 Å². The Labute approximate surface area is 115 Å². The van der Waals surface area contributed by atoms with Gasteiger partial charge in [-0.15, -0.1) is 0 Å². The van der Waals surface area contributed by atoms with Gasteiger partial charge in [-0.05, 0) is 37.6 Å². The lowest BCUT2D eigenvalue weighted by molar-refractivity contribution is 0.0689. The maximum atomic E-state index is 5.95. The average Bonchev–Trinajstić information content (AvgIpc) is 2.92. The Morgan fingerprint density at radius 1 is 1.53 bits per heavy atom. The van der Waals surface area contributed by atoms with Crippen molar-refractivity contribution in [2.45, 2.75) is 25.0 Å². The van der Waals surface area contributed by atoms with E-state index in [0.717, 1.165) is 25.3 Å². The Balaban J connectivity index is 2.04. The van der Waals surface area contributed by atoms with Crippen LogP contribution in [0.15, 0.2) is 24.3 Å². The summed E-state index contributed by atoms with van der Waals surface area (Å²) in [6.07, 6.45) is 2.68. The van der Waals surface area contributed by atoms with Gasteiger partial charge in [-0.25, -0.2) is 0 Å². The van der Waals surface area contributed by atoms with Crippen LogP contribution in [0.2, 0.25) is 0 Å². The molecule has 1 aliphatic heterocycles. The van der Waals surface area contributed by atoms with Gasteiger partial charge in [-0.1, -0.05) is 12.1 Å². The Morgan fingerprint density at radius 3 is 3.00 bits per heavy atom. The van der Waals surface area contributed by atoms with Gasteiger partial charge in [0.25, 0.3) is 0 Å². The van der Waals surface area contributed by atoms with Crippen molar-refractivity contribution in [1.82, 2.24) is 4.90 Å². The predicted molar refractivity (Wildman–Crippen MR) is 76.4 cm³/mol. The largest absolute Gasteiger partial charge is 0.497 e. The van der Waals surface area contributed by atoms with Crippen molar-refractivity contribution in [1.29, 1.82) is 0 Å². The number of nitrogens with two attached hydrogens (primary N) is 1. The summed E-state index contributed by atoms with van der Waals surface area (Å²) in [7, 11) is 3.80. The molecule has 0 spiro atoms. The number of hydrogen-bond acceptors (Lipinski definition) is 4. The van der Waals surface area contributed by atoms with Crippen LogP contribution in [0.1, 0.15) is 24.4 Å². The lowest BCUT2D eigenvalue weighted by Gasteiger charge is -2.29. The molecule has 19 heavy (non-hydrogen) atoms. The summed E-state index contributed by atoms with van der Waals surface area (Å²) >= 11 is 0. The molecular weight excluding hydrogens is 240 g/mol. The molecule has 0 bridgehead atoms. The topological polar surface area (TPSA) is 47.7 Å². The lowest BCUT2D eigenvalue weighted by atomic mass is 10.0. The van der Waals surface area contributed by atoms with E-state index < -0.39 is 0 Å². The van der Waals surface area contributed by atoms with Crippen molar-refractivity contribution in [3.63, 3.8) is 0 Å². The molecule has 2 rings (SSSR count). The molecule has 4 heteroatoms. The molecule has 1 aromatic rings. The second-order valence-corrected chi connectivity index (χ2v) is 5.10. The monoisotopic (exact) mass is 264 g/mol. The number of benzene rings is 1. The number of likely N-dealkylation sites (N-methyl/N-ethyl adjacent to an activating group) is 1. The van der Waals surface area contributed by atoms with E-state index in [1.165, 1.54) is 12.0 Å². The summed E-state index contributed by atoms with van der Waals surface area (Å²) in [4.78, 5) is 2.28. The van der Waals surface area contributed by atoms with Crippen LogP contribution in [0.3, 0.4) is 0 Å². The zero-order chi connectivity index (χ0) is 13.7. The Bertz CT molecular complexity index is 391. The van der Waals surface area contributed by atoms with E-state index in [9.17, 15) is 0 Å². The highest BCUT2D eigenvalue weighted by Crippen LogP contribution is 2.24. The molecule has 2 N–H and O–H groups in total. The van der Waals surface area contributed by atoms with E-state index in [-0.39, 0.29) is 6.04 Å². The van der Waals surface area contributed by atoms with E-state index in [1.807, 2.05) is 12.1 Å². The van der Waals surface area contributed by atoms with Gasteiger partial charge in [-0.2, -0.15) is 0 Å². The molecule has 2 atom stereocenters. The second kappa shape index (κ2) is 6.89. The molecular formula is C15H24N2O2. The van der Waals surface area contributed by atoms with Crippen molar-refractivity contribution in [2.75, 3.05) is 33.9 Å². The number of nitrogens with zero attached hydrogens (tertiary/aromatic N) is 1. The highest BCUT2D eigenvalue weighted by Gasteiger charge is 2.22. The third-order valence-electron chi connectivity index (χ3n) is 3.75. The van der Waals surface area contributed by atoms with Gasteiger partial charge >= 0.3 is 0 Å². The zero-order valence-corrected chi connectivity index (χ0v) is 11.8. The summed E-state index contributed by atoms with van der Waals surface area (Å²) < 4.78 is 11.0. The first-order valence-electron chi connectivity index (χ1n) is 6.90. The molecule has 1 aliphatic rings. The third-order valence-corrected chi connectivity index (χ3v) is 3.75. The molecule has 1 saturated heterocycles. The lowest BCUT2D eigenvalue weighted by Crippen LogP contribution is -2.36. The Kier molecular flexibility index (Phi) is 5.19. The molecule has 0 radical (unpaired) electrons. The molecule has 2 unspecified atom stereocenters. The van der Waals surface area contributed by atoms with Crippen molar-refractivity contribution in [3.05, 3.63) is 29.8 Å². The maximum absolute atomic E-state index is 5.95. The van der Waals surface area contributed by atoms with Crippen LogP contribution in [-0.4, -0.2) is 44.9 Å². The van der Waals surface area contributed by atoms with Crippen LogP contribution in [-0.2, 0) is 4.74 Å². The molecule has 0 aromatic heterocycles. The van der Waals surface area contributed by atoms with Gasteiger partial charge in [0.05, 0.1) is 13.2 Å². The van der Waals surface area contributed by atoms with Crippen molar-refractivity contribution in [3.8, 4) is 5.75 Å². The van der Waals surface area contributed by atoms with Gasteiger partial charge < -0.3 is 15.2 Å². The number of methoxy groups -OCH3 is 1. The Hall–Kier alpha value is -1.10. The third kappa shape index (κ3) is 3.69. The average molecular weight is 264 g/mol. The smallest absolute Gasteiger partial charge is 0.119 e. The van der Waals surface area contributed by atoms with Crippen LogP contribution < -0.4 is 10.5 Å². The highest BCUT2D eigenvalue weighted by atomic mass is 16.5. The first-order valence-corrected chi connectivity index (χ1v) is 6.90. The van der Waals surface area contributed by atoms with E-state index in [0.29, 0.717) is 12.6 Å². The first kappa shape index (κ1) is 14.3. The molecule has 1 heterocycles. The fraction of sp³-hybridized carbons (Fsp3) is 0.600. The van der Waals surface area contributed by atoms with E-state index in [2.05, 4.69) is 24.1 Å². The molecule has 106 valence electrons. The van der Waals surface area contributed by atoms with Gasteiger partial charge in [0.1, 0.15) is 5.75 Å². The second-order valence-electron chi connectivity index (χ2n) is 5.10. The number of ether oxygens (including phenoxy) is 2. The number of rotatable bonds is 6. The quantitative estimate of drug-likeness (QED) is 0.851. The van der Waals surface area contributed by atoms with Crippen LogP contribution in [0.5, 0.6) is 5.75 Å². The van der Waals surface area contributed by atoms with Crippen LogP contribution >= 0.6 is 0 Å². The number of hydrogen-bond donors (Lipinski definition) is 1. The minimum Gasteiger partial charge on any atom is -0.497 e. The van der Waals surface area contributed by atoms with Crippen LogP contribution in [0.25, 0.3) is 0 Å². The fourth-order valence-electron chi connectivity index (χ4n) is 2.66. The van der Waals surface area contributed by atoms with E-state index in [4.69, 9.17) is 15.2 Å². The van der Waals surface area contributed by atoms with Crippen molar-refractivity contribution < 1.29 is 9.47 Å². The van der Waals surface area contributed by atoms with Crippen LogP contribution in [0, 0.1) is 0 Å². The molecule has 1 fully saturated rings. The summed E-state index contributed by atoms with van der Waals surface area (Å²) in [5.41, 5.74) is 7.14. The molecule has 1 aromatic carbocycles. The van der Waals surface area contributed by atoms with Gasteiger partial charge in [0.2, 0.25) is 0 Å². The standard InChI is InChI=1S/C15H24N2O2/c1-17(11-14-7-4-8-19-14)15(10-16)12-5-3-6-13(9-12)18-2/h3,5-6,9,14-15H,4,7-8,10-11,16H2,1-2H3. The summed E-state index contributed by atoms with van der Waals surface area (Å²) in [5.74, 6) is 0.876. The molecule has 4 nitrogen and oxygen atoms in total. The van der Waals surface area contributed by atoms with Gasteiger partial charge in [0, 0.05) is 25.7 Å². The predicted octanol–water partition coefficient (Wildman–Crippen LogP) is 1.81. The summed E-state index contributed by atoms with van der Waals surface area (Å²) in [6, 6.07) is 8.34. The van der Waals surface area contributed by atoms with Crippen LogP contribution in [0.4, 0.5) is 0 Å². The molecule has 0 amide bonds.